The number of aryl methyl sites for hydroxylation is 1. The van der Waals surface area contributed by atoms with Crippen LogP contribution in [0.15, 0.2) is 24.3 Å². The Kier molecular flexibility index (Phi) is 7.43. The number of hydrogen-bond donors (Lipinski definition) is 0. The number of carbonyl (C=O) groups is 2. The maximum atomic E-state index is 12.2. The average Bonchev–Trinajstić information content (AvgIpc) is 2.56. The number of nitrogens with zero attached hydrogens (tertiary/aromatic N) is 1. The molecule has 1 atom stereocenters. The van der Waals surface area contributed by atoms with Gasteiger partial charge in [-0.05, 0) is 31.0 Å². The maximum absolute atomic E-state index is 12.2. The second-order valence-corrected chi connectivity index (χ2v) is 5.15. The third kappa shape index (κ3) is 5.39. The summed E-state index contributed by atoms with van der Waals surface area (Å²) >= 11 is 0. The van der Waals surface area contributed by atoms with Gasteiger partial charge >= 0.3 is 5.97 Å². The first-order valence-electron chi connectivity index (χ1n) is 7.59. The first-order chi connectivity index (χ1) is 10.5. The van der Waals surface area contributed by atoms with Crippen LogP contribution in [0, 0.1) is 5.92 Å². The Morgan fingerprint density at radius 2 is 2.00 bits per heavy atom. The zero-order valence-electron chi connectivity index (χ0n) is 13.8. The Bertz CT molecular complexity index is 501. The lowest BCUT2D eigenvalue weighted by atomic mass is 10.1. The Labute approximate surface area is 132 Å². The fourth-order valence-corrected chi connectivity index (χ4v) is 2.11. The van der Waals surface area contributed by atoms with Crippen molar-refractivity contribution < 1.29 is 19.1 Å². The maximum Gasteiger partial charge on any atom is 0.310 e. The minimum absolute atomic E-state index is 0.0328. The number of esters is 1. The molecule has 22 heavy (non-hydrogen) atoms. The SMILES string of the molecule is CCc1cccc(OCC(=O)N(CC)CC(C)C(=O)OC)c1. The molecule has 122 valence electrons. The van der Waals surface area contributed by atoms with Crippen LogP contribution in [-0.4, -0.2) is 43.6 Å². The predicted molar refractivity (Wildman–Crippen MR) is 84.7 cm³/mol. The second kappa shape index (κ2) is 9.07. The molecule has 0 aliphatic heterocycles. The Balaban J connectivity index is 2.55. The summed E-state index contributed by atoms with van der Waals surface area (Å²) in [4.78, 5) is 25.2. The van der Waals surface area contributed by atoms with Crippen LogP contribution in [0.3, 0.4) is 0 Å². The van der Waals surface area contributed by atoms with E-state index in [0.29, 0.717) is 18.8 Å². The van der Waals surface area contributed by atoms with E-state index in [-0.39, 0.29) is 24.4 Å². The number of amides is 1. The van der Waals surface area contributed by atoms with E-state index < -0.39 is 0 Å². The molecule has 0 aliphatic rings. The van der Waals surface area contributed by atoms with Crippen LogP contribution in [-0.2, 0) is 20.7 Å². The highest BCUT2D eigenvalue weighted by Gasteiger charge is 2.20. The average molecular weight is 307 g/mol. The van der Waals surface area contributed by atoms with Gasteiger partial charge in [-0.1, -0.05) is 26.0 Å². The number of methoxy groups -OCH3 is 1. The van der Waals surface area contributed by atoms with Crippen LogP contribution in [0.4, 0.5) is 0 Å². The van der Waals surface area contributed by atoms with Crippen molar-refractivity contribution in [1.82, 2.24) is 4.90 Å². The second-order valence-electron chi connectivity index (χ2n) is 5.15. The van der Waals surface area contributed by atoms with Crippen molar-refractivity contribution in [2.24, 2.45) is 5.92 Å². The summed E-state index contributed by atoms with van der Waals surface area (Å²) in [5, 5.41) is 0. The smallest absolute Gasteiger partial charge is 0.310 e. The zero-order valence-corrected chi connectivity index (χ0v) is 13.8. The molecule has 1 aromatic carbocycles. The van der Waals surface area contributed by atoms with Gasteiger partial charge in [-0.3, -0.25) is 9.59 Å². The molecule has 5 heteroatoms. The number of ether oxygens (including phenoxy) is 2. The molecule has 1 amide bonds. The van der Waals surface area contributed by atoms with Crippen LogP contribution < -0.4 is 4.74 Å². The van der Waals surface area contributed by atoms with Gasteiger partial charge in [0.1, 0.15) is 5.75 Å². The number of carbonyl (C=O) groups excluding carboxylic acids is 2. The van der Waals surface area contributed by atoms with Crippen molar-refractivity contribution >= 4 is 11.9 Å². The zero-order chi connectivity index (χ0) is 16.5. The summed E-state index contributed by atoms with van der Waals surface area (Å²) in [7, 11) is 1.35. The molecule has 0 aromatic heterocycles. The van der Waals surface area contributed by atoms with Gasteiger partial charge < -0.3 is 14.4 Å². The van der Waals surface area contributed by atoms with Crippen LogP contribution >= 0.6 is 0 Å². The van der Waals surface area contributed by atoms with E-state index in [1.165, 1.54) is 7.11 Å². The van der Waals surface area contributed by atoms with Gasteiger partial charge in [0.25, 0.3) is 5.91 Å². The minimum atomic E-state index is -0.350. The number of rotatable bonds is 8. The molecular formula is C17H25NO4. The highest BCUT2D eigenvalue weighted by molar-refractivity contribution is 5.79. The van der Waals surface area contributed by atoms with Gasteiger partial charge in [0, 0.05) is 13.1 Å². The molecule has 0 N–H and O–H groups in total. The van der Waals surface area contributed by atoms with Crippen molar-refractivity contribution in [3.8, 4) is 5.75 Å². The van der Waals surface area contributed by atoms with E-state index >= 15 is 0 Å². The van der Waals surface area contributed by atoms with Crippen molar-refractivity contribution in [3.63, 3.8) is 0 Å². The molecule has 0 fully saturated rings. The molecule has 0 bridgehead atoms. The third-order valence-corrected chi connectivity index (χ3v) is 3.50. The molecule has 0 aliphatic carbocycles. The van der Waals surface area contributed by atoms with E-state index in [1.54, 1.807) is 11.8 Å². The Hall–Kier alpha value is -2.04. The first kappa shape index (κ1) is 18.0. The predicted octanol–water partition coefficient (Wildman–Crippen LogP) is 2.29. The van der Waals surface area contributed by atoms with E-state index in [2.05, 4.69) is 11.7 Å². The summed E-state index contributed by atoms with van der Waals surface area (Å²) in [6.07, 6.45) is 0.920. The molecule has 1 aromatic rings. The lowest BCUT2D eigenvalue weighted by Gasteiger charge is -2.23. The molecule has 0 radical (unpaired) electrons. The fourth-order valence-electron chi connectivity index (χ4n) is 2.11. The highest BCUT2D eigenvalue weighted by Crippen LogP contribution is 2.14. The normalized spacial score (nSPS) is 11.6. The monoisotopic (exact) mass is 307 g/mol. The number of benzene rings is 1. The first-order valence-corrected chi connectivity index (χ1v) is 7.59. The van der Waals surface area contributed by atoms with Crippen LogP contribution in [0.25, 0.3) is 0 Å². The standard InChI is InChI=1S/C17H25NO4/c1-5-14-8-7-9-15(10-14)22-12-16(19)18(6-2)11-13(3)17(20)21-4/h7-10,13H,5-6,11-12H2,1-4H3. The van der Waals surface area contributed by atoms with E-state index in [0.717, 1.165) is 12.0 Å². The molecule has 0 saturated carbocycles. The fraction of sp³-hybridized carbons (Fsp3) is 0.529. The molecule has 1 rings (SSSR count). The molecule has 1 unspecified atom stereocenters. The van der Waals surface area contributed by atoms with Gasteiger partial charge in [0.2, 0.25) is 0 Å². The highest BCUT2D eigenvalue weighted by atomic mass is 16.5. The van der Waals surface area contributed by atoms with Gasteiger partial charge in [0.05, 0.1) is 13.0 Å². The third-order valence-electron chi connectivity index (χ3n) is 3.50. The van der Waals surface area contributed by atoms with Crippen LogP contribution in [0.1, 0.15) is 26.3 Å². The van der Waals surface area contributed by atoms with Crippen molar-refractivity contribution in [3.05, 3.63) is 29.8 Å². The topological polar surface area (TPSA) is 55.8 Å². The van der Waals surface area contributed by atoms with Gasteiger partial charge in [-0.15, -0.1) is 0 Å². The Morgan fingerprint density at radius 1 is 1.27 bits per heavy atom. The quantitative estimate of drug-likeness (QED) is 0.691. The van der Waals surface area contributed by atoms with Crippen LogP contribution in [0.2, 0.25) is 0 Å². The number of hydrogen-bond acceptors (Lipinski definition) is 4. The van der Waals surface area contributed by atoms with E-state index in [9.17, 15) is 9.59 Å². The summed E-state index contributed by atoms with van der Waals surface area (Å²) in [6.45, 7) is 6.51. The molecule has 0 heterocycles. The molecule has 5 nitrogen and oxygen atoms in total. The van der Waals surface area contributed by atoms with Crippen LogP contribution in [0.5, 0.6) is 5.75 Å². The molecule has 0 saturated heterocycles. The summed E-state index contributed by atoms with van der Waals surface area (Å²) in [5.74, 6) is -0.120. The lowest BCUT2D eigenvalue weighted by molar-refractivity contribution is -0.146. The largest absolute Gasteiger partial charge is 0.484 e. The Morgan fingerprint density at radius 3 is 2.59 bits per heavy atom. The van der Waals surface area contributed by atoms with Gasteiger partial charge in [-0.2, -0.15) is 0 Å². The molecule has 0 spiro atoms. The summed E-state index contributed by atoms with van der Waals surface area (Å²) in [5.41, 5.74) is 1.16. The van der Waals surface area contributed by atoms with Crippen molar-refractivity contribution in [2.75, 3.05) is 26.8 Å². The van der Waals surface area contributed by atoms with Crippen molar-refractivity contribution in [2.45, 2.75) is 27.2 Å². The minimum Gasteiger partial charge on any atom is -0.484 e. The molecular weight excluding hydrogens is 282 g/mol. The van der Waals surface area contributed by atoms with E-state index in [1.807, 2.05) is 31.2 Å². The number of likely N-dealkylation sites (N-methyl/N-ethyl adjacent to an activating group) is 1. The summed E-state index contributed by atoms with van der Waals surface area (Å²) in [6, 6.07) is 7.70. The van der Waals surface area contributed by atoms with E-state index in [4.69, 9.17) is 4.74 Å². The van der Waals surface area contributed by atoms with Gasteiger partial charge in [-0.25, -0.2) is 0 Å². The summed E-state index contributed by atoms with van der Waals surface area (Å²) < 4.78 is 10.2. The van der Waals surface area contributed by atoms with Crippen molar-refractivity contribution in [1.29, 1.82) is 0 Å². The van der Waals surface area contributed by atoms with Gasteiger partial charge in [0.15, 0.2) is 6.61 Å². The lowest BCUT2D eigenvalue weighted by Crippen LogP contribution is -2.39.